The molecule has 0 heterocycles. The van der Waals surface area contributed by atoms with Crippen LogP contribution in [-0.4, -0.2) is 30.8 Å². The van der Waals surface area contributed by atoms with Crippen molar-refractivity contribution in [2.75, 3.05) is 18.0 Å². The molecule has 0 atom stereocenters. The van der Waals surface area contributed by atoms with Crippen LogP contribution in [0.25, 0.3) is 0 Å². The van der Waals surface area contributed by atoms with Crippen LogP contribution in [0.5, 0.6) is 0 Å². The van der Waals surface area contributed by atoms with Gasteiger partial charge in [0.05, 0.1) is 0 Å². The van der Waals surface area contributed by atoms with Crippen LogP contribution in [0.1, 0.15) is 13.8 Å². The SMILES string of the molecule is [Li][c]1ccc(N(CC)CC)cc1. The first-order chi connectivity index (χ1) is 5.77. The number of anilines is 1. The van der Waals surface area contributed by atoms with E-state index in [9.17, 15) is 0 Å². The van der Waals surface area contributed by atoms with Gasteiger partial charge in [-0.3, -0.25) is 0 Å². The van der Waals surface area contributed by atoms with Crippen LogP contribution in [0.15, 0.2) is 24.3 Å². The molecule has 1 aromatic carbocycles. The molecule has 0 saturated heterocycles. The monoisotopic (exact) mass is 155 g/mol. The maximum atomic E-state index is 2.35. The van der Waals surface area contributed by atoms with Crippen molar-refractivity contribution in [2.24, 2.45) is 0 Å². The molecular formula is C10H14LiN. The Labute approximate surface area is 84.0 Å². The number of rotatable bonds is 3. The summed E-state index contributed by atoms with van der Waals surface area (Å²) in [5.74, 6) is 0. The minimum absolute atomic E-state index is 1.08. The van der Waals surface area contributed by atoms with Gasteiger partial charge in [0, 0.05) is 0 Å². The van der Waals surface area contributed by atoms with Crippen LogP contribution in [-0.2, 0) is 0 Å². The first-order valence-corrected chi connectivity index (χ1v) is 4.59. The minimum atomic E-state index is 1.08. The third kappa shape index (κ3) is 2.30. The number of hydrogen-bond donors (Lipinski definition) is 0. The molecule has 0 fully saturated rings. The van der Waals surface area contributed by atoms with Gasteiger partial charge in [0.2, 0.25) is 0 Å². The normalized spacial score (nSPS) is 10.0. The van der Waals surface area contributed by atoms with Crippen molar-refractivity contribution >= 4 is 27.6 Å². The molecule has 60 valence electrons. The van der Waals surface area contributed by atoms with Crippen LogP contribution >= 0.6 is 0 Å². The molecule has 0 aliphatic heterocycles. The van der Waals surface area contributed by atoms with E-state index in [0.29, 0.717) is 0 Å². The molecule has 0 unspecified atom stereocenters. The average Bonchev–Trinajstić information content (AvgIpc) is 2.10. The summed E-state index contributed by atoms with van der Waals surface area (Å²) in [5.41, 5.74) is 1.32. The third-order valence-electron chi connectivity index (χ3n) is 2.16. The molecular weight excluding hydrogens is 141 g/mol. The second kappa shape index (κ2) is 4.60. The summed E-state index contributed by atoms with van der Waals surface area (Å²) < 4.78 is 1.32. The second-order valence-electron chi connectivity index (χ2n) is 3.01. The fraction of sp³-hybridized carbons (Fsp3) is 0.400. The predicted molar refractivity (Wildman–Crippen MR) is 55.4 cm³/mol. The summed E-state index contributed by atoms with van der Waals surface area (Å²) in [5, 5.41) is 0. The number of benzene rings is 1. The van der Waals surface area contributed by atoms with Crippen LogP contribution < -0.4 is 9.14 Å². The van der Waals surface area contributed by atoms with Crippen LogP contribution in [0, 0.1) is 0 Å². The molecule has 0 saturated carbocycles. The first-order valence-electron chi connectivity index (χ1n) is 4.59. The predicted octanol–water partition coefficient (Wildman–Crippen LogP) is 1.33. The van der Waals surface area contributed by atoms with Gasteiger partial charge in [0.1, 0.15) is 0 Å². The molecule has 0 N–H and O–H groups in total. The van der Waals surface area contributed by atoms with Gasteiger partial charge in [0.15, 0.2) is 0 Å². The van der Waals surface area contributed by atoms with Crippen molar-refractivity contribution in [3.8, 4) is 0 Å². The quantitative estimate of drug-likeness (QED) is 0.595. The van der Waals surface area contributed by atoms with Gasteiger partial charge in [-0.05, 0) is 0 Å². The van der Waals surface area contributed by atoms with Crippen molar-refractivity contribution in [1.82, 2.24) is 0 Å². The zero-order valence-electron chi connectivity index (χ0n) is 8.17. The number of nitrogens with zero attached hydrogens (tertiary/aromatic N) is 1. The van der Waals surface area contributed by atoms with Gasteiger partial charge in [-0.2, -0.15) is 0 Å². The van der Waals surface area contributed by atoms with Gasteiger partial charge >= 0.3 is 83.7 Å². The summed E-state index contributed by atoms with van der Waals surface area (Å²) in [6, 6.07) is 8.69. The molecule has 12 heavy (non-hydrogen) atoms. The van der Waals surface area contributed by atoms with E-state index in [0.717, 1.165) is 13.1 Å². The second-order valence-corrected chi connectivity index (χ2v) is 3.01. The van der Waals surface area contributed by atoms with Crippen molar-refractivity contribution in [1.29, 1.82) is 0 Å². The Hall–Kier alpha value is -0.383. The zero-order valence-corrected chi connectivity index (χ0v) is 8.17. The Morgan fingerprint density at radius 2 is 1.58 bits per heavy atom. The van der Waals surface area contributed by atoms with E-state index in [2.05, 4.69) is 60.7 Å². The fourth-order valence-electron chi connectivity index (χ4n) is 1.34. The van der Waals surface area contributed by atoms with E-state index >= 15 is 0 Å². The Balaban J connectivity index is 2.80. The van der Waals surface area contributed by atoms with Gasteiger partial charge in [-0.15, -0.1) is 0 Å². The number of hydrogen-bond acceptors (Lipinski definition) is 1. The maximum absolute atomic E-state index is 2.35. The molecule has 1 nitrogen and oxygen atoms in total. The van der Waals surface area contributed by atoms with Crippen LogP contribution in [0.3, 0.4) is 0 Å². The summed E-state index contributed by atoms with van der Waals surface area (Å²) in [7, 11) is 0. The Bertz CT molecular complexity index is 226. The molecule has 1 rings (SSSR count). The molecule has 0 bridgehead atoms. The third-order valence-corrected chi connectivity index (χ3v) is 2.16. The van der Waals surface area contributed by atoms with Gasteiger partial charge in [-0.25, -0.2) is 0 Å². The van der Waals surface area contributed by atoms with Crippen LogP contribution in [0.4, 0.5) is 5.69 Å². The van der Waals surface area contributed by atoms with Gasteiger partial charge < -0.3 is 0 Å². The van der Waals surface area contributed by atoms with Crippen LogP contribution in [0.2, 0.25) is 0 Å². The summed E-state index contributed by atoms with van der Waals surface area (Å²) >= 11 is 2.12. The molecule has 0 amide bonds. The average molecular weight is 155 g/mol. The molecule has 0 aliphatic carbocycles. The molecule has 0 radical (unpaired) electrons. The topological polar surface area (TPSA) is 3.24 Å². The zero-order chi connectivity index (χ0) is 8.97. The molecule has 0 aromatic heterocycles. The van der Waals surface area contributed by atoms with E-state index in [1.807, 2.05) is 0 Å². The van der Waals surface area contributed by atoms with Crippen molar-refractivity contribution in [3.63, 3.8) is 0 Å². The Kier molecular flexibility index (Phi) is 3.72. The van der Waals surface area contributed by atoms with E-state index in [1.54, 1.807) is 0 Å². The molecule has 2 heteroatoms. The Morgan fingerprint density at radius 1 is 1.08 bits per heavy atom. The first kappa shape index (κ1) is 9.70. The van der Waals surface area contributed by atoms with Crippen molar-refractivity contribution in [3.05, 3.63) is 24.3 Å². The summed E-state index contributed by atoms with van der Waals surface area (Å²) in [4.78, 5) is 2.35. The van der Waals surface area contributed by atoms with E-state index in [1.165, 1.54) is 9.92 Å². The molecule has 0 aliphatic rings. The van der Waals surface area contributed by atoms with E-state index < -0.39 is 0 Å². The van der Waals surface area contributed by atoms with Crippen molar-refractivity contribution < 1.29 is 0 Å². The Morgan fingerprint density at radius 3 is 2.00 bits per heavy atom. The summed E-state index contributed by atoms with van der Waals surface area (Å²) in [6.07, 6.45) is 0. The van der Waals surface area contributed by atoms with E-state index in [-0.39, 0.29) is 0 Å². The molecule has 0 spiro atoms. The standard InChI is InChI=1S/C10H14N.Li/c1-3-11(4-2)10-8-6-5-7-9-10;/h6-9H,3-4H2,1-2H3;. The van der Waals surface area contributed by atoms with Gasteiger partial charge in [0.25, 0.3) is 0 Å². The van der Waals surface area contributed by atoms with Gasteiger partial charge in [-0.1, -0.05) is 0 Å². The van der Waals surface area contributed by atoms with E-state index in [4.69, 9.17) is 0 Å². The van der Waals surface area contributed by atoms with Crippen molar-refractivity contribution in [2.45, 2.75) is 13.8 Å². The summed E-state index contributed by atoms with van der Waals surface area (Å²) in [6.45, 7) is 6.53. The molecule has 1 aromatic rings. The fourth-order valence-corrected chi connectivity index (χ4v) is 1.34.